The fourth-order valence-corrected chi connectivity index (χ4v) is 1.88. The van der Waals surface area contributed by atoms with Crippen molar-refractivity contribution in [3.8, 4) is 0 Å². The highest BCUT2D eigenvalue weighted by molar-refractivity contribution is 5.86. The van der Waals surface area contributed by atoms with Crippen LogP contribution in [0.3, 0.4) is 0 Å². The maximum atomic E-state index is 11.4. The van der Waals surface area contributed by atoms with Crippen LogP contribution in [0.25, 0.3) is 0 Å². The van der Waals surface area contributed by atoms with Crippen molar-refractivity contribution < 1.29 is 14.7 Å². The first-order valence-corrected chi connectivity index (χ1v) is 6.05. The van der Waals surface area contributed by atoms with Gasteiger partial charge in [0.1, 0.15) is 0 Å². The molecule has 0 aromatic rings. The number of carboxylic acids is 1. The zero-order chi connectivity index (χ0) is 15.3. The molecule has 1 atom stereocenters. The third kappa shape index (κ3) is 7.66. The number of rotatable bonds is 6. The molecular formula is C11H19N5O3. The van der Waals surface area contributed by atoms with Gasteiger partial charge in [-0.2, -0.15) is 0 Å². The second-order valence-electron chi connectivity index (χ2n) is 4.14. The van der Waals surface area contributed by atoms with E-state index in [1.165, 1.54) is 12.8 Å². The minimum absolute atomic E-state index is 0.00102. The Kier molecular flexibility index (Phi) is 12.3. The van der Waals surface area contributed by atoms with Crippen LogP contribution >= 0.6 is 0 Å². The van der Waals surface area contributed by atoms with Crippen LogP contribution in [0, 0.1) is 27.5 Å². The van der Waals surface area contributed by atoms with E-state index in [-0.39, 0.29) is 12.3 Å². The number of carboxylic acid groups (broad SMARTS) is 1. The molecule has 1 fully saturated rings. The lowest BCUT2D eigenvalue weighted by atomic mass is 10.1. The Balaban J connectivity index is 0. The van der Waals surface area contributed by atoms with Crippen LogP contribution < -0.4 is 0 Å². The van der Waals surface area contributed by atoms with Gasteiger partial charge in [0.2, 0.25) is 5.91 Å². The van der Waals surface area contributed by atoms with Gasteiger partial charge < -0.3 is 10.0 Å². The quantitative estimate of drug-likeness (QED) is 0.566. The maximum absolute atomic E-state index is 11.4. The summed E-state index contributed by atoms with van der Waals surface area (Å²) in [6.07, 6.45) is 4.66. The van der Waals surface area contributed by atoms with Crippen molar-refractivity contribution in [1.82, 2.24) is 4.90 Å². The molecule has 1 heterocycles. The molecule has 19 heavy (non-hydrogen) atoms. The number of hydrogen-bond donors (Lipinski definition) is 1. The number of likely N-dealkylation sites (tertiary alicyclic amines) is 1. The van der Waals surface area contributed by atoms with Crippen LogP contribution in [0.4, 0.5) is 0 Å². The minimum Gasteiger partial charge on any atom is -0.481 e. The summed E-state index contributed by atoms with van der Waals surface area (Å²) < 4.78 is 0. The normalized spacial score (nSPS) is 16.8. The predicted octanol–water partition coefficient (Wildman–Crippen LogP) is 1.56. The Morgan fingerprint density at radius 2 is 1.84 bits per heavy atom. The van der Waals surface area contributed by atoms with Gasteiger partial charge >= 0.3 is 5.97 Å². The van der Waals surface area contributed by atoms with Gasteiger partial charge in [-0.05, 0) is 6.42 Å². The van der Waals surface area contributed by atoms with Crippen LogP contribution in [0.5, 0.6) is 0 Å². The summed E-state index contributed by atoms with van der Waals surface area (Å²) in [7, 11) is 0. The Labute approximate surface area is 112 Å². The second kappa shape index (κ2) is 12.2. The number of unbranched alkanes of at least 4 members (excludes halogenated alkanes) is 3. The number of carbonyl (C=O) groups is 2. The van der Waals surface area contributed by atoms with E-state index < -0.39 is 11.9 Å². The molecule has 1 N–H and O–H groups in total. The van der Waals surface area contributed by atoms with E-state index in [1.807, 2.05) is 0 Å². The Hall–Kier alpha value is -2.22. The molecule has 1 amide bonds. The Morgan fingerprint density at radius 1 is 1.26 bits per heavy atom. The topological polar surface area (TPSA) is 153 Å². The Morgan fingerprint density at radius 3 is 2.26 bits per heavy atom. The Bertz CT molecular complexity index is 310. The first kappa shape index (κ1) is 19.1. The largest absolute Gasteiger partial charge is 0.481 e. The molecule has 0 aromatic heterocycles. The molecule has 1 aliphatic rings. The predicted molar refractivity (Wildman–Crippen MR) is 63.4 cm³/mol. The van der Waals surface area contributed by atoms with Gasteiger partial charge in [0.25, 0.3) is 0 Å². The van der Waals surface area contributed by atoms with Crippen molar-refractivity contribution in [2.45, 2.75) is 39.0 Å². The molecular weight excluding hydrogens is 250 g/mol. The highest BCUT2D eigenvalue weighted by Crippen LogP contribution is 2.18. The van der Waals surface area contributed by atoms with E-state index in [2.05, 4.69) is 6.92 Å². The van der Waals surface area contributed by atoms with Crippen LogP contribution in [-0.4, -0.2) is 35.0 Å². The maximum Gasteiger partial charge on any atom is 0.308 e. The van der Waals surface area contributed by atoms with Crippen molar-refractivity contribution >= 4 is 11.9 Å². The van der Waals surface area contributed by atoms with Gasteiger partial charge in [-0.25, -0.2) is 0 Å². The summed E-state index contributed by atoms with van der Waals surface area (Å²) in [4.78, 5) is 23.8. The molecule has 1 unspecified atom stereocenters. The number of hydrogen-bond acceptors (Lipinski definition) is 6. The number of carbonyl (C=O) groups excluding carboxylic acids is 1. The molecule has 1 aliphatic heterocycles. The van der Waals surface area contributed by atoms with E-state index in [9.17, 15) is 9.59 Å². The van der Waals surface area contributed by atoms with Gasteiger partial charge in [0, 0.05) is 41.1 Å². The van der Waals surface area contributed by atoms with Crippen molar-refractivity contribution in [2.24, 2.45) is 5.92 Å². The minimum atomic E-state index is -0.848. The molecule has 0 spiro atoms. The van der Waals surface area contributed by atoms with Crippen molar-refractivity contribution in [3.05, 3.63) is 0 Å². The summed E-state index contributed by atoms with van der Waals surface area (Å²) in [5, 5.41) is 32.8. The van der Waals surface area contributed by atoms with Gasteiger partial charge in [-0.1, -0.05) is 26.2 Å². The molecule has 8 heteroatoms. The third-order valence-electron chi connectivity index (χ3n) is 2.85. The molecule has 0 bridgehead atoms. The van der Waals surface area contributed by atoms with Crippen LogP contribution in [-0.2, 0) is 9.59 Å². The number of nitrogens with zero attached hydrogens (tertiary/aromatic N) is 5. The van der Waals surface area contributed by atoms with Crippen LogP contribution in [0.15, 0.2) is 0 Å². The molecule has 0 saturated carbocycles. The standard InChI is InChI=1S/C11H19NO3.2N2/c1-2-3-4-5-6-12-8-9(11(14)15)7-10(12)13;2*1-2/h9H,2-8H2,1H3,(H,14,15);;. The van der Waals surface area contributed by atoms with Crippen molar-refractivity contribution in [2.75, 3.05) is 13.1 Å². The van der Waals surface area contributed by atoms with Crippen LogP contribution in [0.2, 0.25) is 0 Å². The number of aliphatic carboxylic acids is 1. The zero-order valence-corrected chi connectivity index (χ0v) is 11.0. The first-order chi connectivity index (χ1) is 9.15. The van der Waals surface area contributed by atoms with E-state index in [4.69, 9.17) is 26.7 Å². The van der Waals surface area contributed by atoms with Gasteiger partial charge in [0.15, 0.2) is 0 Å². The number of amides is 1. The second-order valence-corrected chi connectivity index (χ2v) is 4.14. The highest BCUT2D eigenvalue weighted by atomic mass is 16.4. The summed E-state index contributed by atoms with van der Waals surface area (Å²) in [5.41, 5.74) is 0. The third-order valence-corrected chi connectivity index (χ3v) is 2.85. The lowest BCUT2D eigenvalue weighted by molar-refractivity contribution is -0.141. The lowest BCUT2D eigenvalue weighted by Gasteiger charge is -2.15. The molecule has 0 aromatic carbocycles. The highest BCUT2D eigenvalue weighted by Gasteiger charge is 2.33. The fraction of sp³-hybridized carbons (Fsp3) is 0.818. The monoisotopic (exact) mass is 269 g/mol. The van der Waals surface area contributed by atoms with E-state index in [0.29, 0.717) is 6.54 Å². The van der Waals surface area contributed by atoms with E-state index in [0.717, 1.165) is 19.4 Å². The summed E-state index contributed by atoms with van der Waals surface area (Å²) in [6.45, 7) is 3.27. The zero-order valence-electron chi connectivity index (χ0n) is 11.0. The fourth-order valence-electron chi connectivity index (χ4n) is 1.88. The molecule has 1 saturated heterocycles. The van der Waals surface area contributed by atoms with Crippen molar-refractivity contribution in [1.29, 1.82) is 21.6 Å². The summed E-state index contributed by atoms with van der Waals surface area (Å²) in [5.74, 6) is -1.33. The van der Waals surface area contributed by atoms with Crippen LogP contribution in [0.1, 0.15) is 39.0 Å². The smallest absolute Gasteiger partial charge is 0.308 e. The molecule has 106 valence electrons. The van der Waals surface area contributed by atoms with Gasteiger partial charge in [0.05, 0.1) is 5.92 Å². The molecule has 0 radical (unpaired) electrons. The average molecular weight is 269 g/mol. The summed E-state index contributed by atoms with van der Waals surface area (Å²) >= 11 is 0. The molecule has 0 aliphatic carbocycles. The van der Waals surface area contributed by atoms with Gasteiger partial charge in [-0.15, -0.1) is 0 Å². The van der Waals surface area contributed by atoms with Crippen molar-refractivity contribution in [3.63, 3.8) is 0 Å². The first-order valence-electron chi connectivity index (χ1n) is 6.05. The van der Waals surface area contributed by atoms with E-state index >= 15 is 0 Å². The van der Waals surface area contributed by atoms with Gasteiger partial charge in [-0.3, -0.25) is 9.59 Å². The lowest BCUT2D eigenvalue weighted by Crippen LogP contribution is -2.27. The SMILES string of the molecule is CCCCCCN1CC(C(=O)O)CC1=O.N#N.N#N. The molecule has 8 nitrogen and oxygen atoms in total. The van der Waals surface area contributed by atoms with E-state index in [1.54, 1.807) is 4.90 Å². The average Bonchev–Trinajstić information content (AvgIpc) is 2.81. The summed E-state index contributed by atoms with van der Waals surface area (Å²) in [6, 6.07) is 0. The molecule has 1 rings (SSSR count).